The molecule has 0 amide bonds. The van der Waals surface area contributed by atoms with E-state index >= 15 is 0 Å². The van der Waals surface area contributed by atoms with Gasteiger partial charge in [0.2, 0.25) is 5.82 Å². The van der Waals surface area contributed by atoms with Gasteiger partial charge in [-0.3, -0.25) is 5.10 Å². The summed E-state index contributed by atoms with van der Waals surface area (Å²) < 4.78 is 40.8. The van der Waals surface area contributed by atoms with Gasteiger partial charge in [0.1, 0.15) is 0 Å². The van der Waals surface area contributed by atoms with Gasteiger partial charge >= 0.3 is 6.18 Å². The molecule has 3 heterocycles. The maximum Gasteiger partial charge on any atom is 0.449 e. The van der Waals surface area contributed by atoms with Gasteiger partial charge in [0.05, 0.1) is 12.2 Å². The van der Waals surface area contributed by atoms with E-state index < -0.39 is 12.0 Å². The topological polar surface area (TPSA) is 58.5 Å². The van der Waals surface area contributed by atoms with Crippen molar-refractivity contribution in [3.05, 3.63) is 28.5 Å². The standard InChI is InChI=1S/C15H20F3N5/c1-3-10-9(2)21-22-13(10)19-8-11-12-6-4-5-7-23(12)14(20-11)15(16,17)18/h3-8H2,1-2H3,(H2,19,21,22). The maximum absolute atomic E-state index is 13.2. The van der Waals surface area contributed by atoms with Crippen LogP contribution in [0.2, 0.25) is 0 Å². The number of alkyl halides is 3. The van der Waals surface area contributed by atoms with Crippen LogP contribution in [0.25, 0.3) is 0 Å². The predicted octanol–water partition coefficient (Wildman–Crippen LogP) is 3.44. The van der Waals surface area contributed by atoms with Crippen LogP contribution in [0.15, 0.2) is 0 Å². The number of H-pyrrole nitrogens is 1. The van der Waals surface area contributed by atoms with Gasteiger partial charge in [-0.05, 0) is 32.6 Å². The lowest BCUT2D eigenvalue weighted by Crippen LogP contribution is -2.19. The average Bonchev–Trinajstić information content (AvgIpc) is 3.05. The Morgan fingerprint density at radius 3 is 2.78 bits per heavy atom. The van der Waals surface area contributed by atoms with E-state index in [2.05, 4.69) is 20.5 Å². The molecule has 0 saturated heterocycles. The molecule has 0 saturated carbocycles. The molecule has 0 radical (unpaired) electrons. The minimum absolute atomic E-state index is 0.253. The second kappa shape index (κ2) is 5.90. The Morgan fingerprint density at radius 1 is 1.30 bits per heavy atom. The van der Waals surface area contributed by atoms with Gasteiger partial charge in [-0.1, -0.05) is 6.92 Å². The molecule has 0 spiro atoms. The van der Waals surface area contributed by atoms with E-state index in [1.807, 2.05) is 13.8 Å². The number of aromatic amines is 1. The number of halogens is 3. The average molecular weight is 327 g/mol. The number of hydrogen-bond donors (Lipinski definition) is 2. The van der Waals surface area contributed by atoms with E-state index in [0.29, 0.717) is 30.2 Å². The molecular formula is C15H20F3N5. The number of rotatable bonds is 4. The van der Waals surface area contributed by atoms with Crippen molar-refractivity contribution in [2.75, 3.05) is 5.32 Å². The molecule has 2 aromatic rings. The van der Waals surface area contributed by atoms with Crippen molar-refractivity contribution in [1.29, 1.82) is 0 Å². The van der Waals surface area contributed by atoms with Crippen LogP contribution < -0.4 is 5.32 Å². The SMILES string of the molecule is CCc1c(NCc2nc(C(F)(F)F)n3c2CCCC3)n[nH]c1C. The summed E-state index contributed by atoms with van der Waals surface area (Å²) in [6, 6.07) is 0. The summed E-state index contributed by atoms with van der Waals surface area (Å²) in [7, 11) is 0. The van der Waals surface area contributed by atoms with E-state index in [0.717, 1.165) is 30.5 Å². The van der Waals surface area contributed by atoms with E-state index in [9.17, 15) is 13.2 Å². The van der Waals surface area contributed by atoms with Crippen molar-refractivity contribution in [3.8, 4) is 0 Å². The van der Waals surface area contributed by atoms with E-state index in [4.69, 9.17) is 0 Å². The summed E-state index contributed by atoms with van der Waals surface area (Å²) in [6.07, 6.45) is -1.31. The molecule has 3 rings (SSSR count). The Bertz CT molecular complexity index is 699. The van der Waals surface area contributed by atoms with Crippen molar-refractivity contribution in [1.82, 2.24) is 19.7 Å². The smallest absolute Gasteiger partial charge is 0.363 e. The fourth-order valence-electron chi connectivity index (χ4n) is 3.18. The Hall–Kier alpha value is -1.99. The van der Waals surface area contributed by atoms with Crippen molar-refractivity contribution in [2.24, 2.45) is 0 Å². The molecule has 2 aromatic heterocycles. The summed E-state index contributed by atoms with van der Waals surface area (Å²) in [5, 5.41) is 10.2. The van der Waals surface area contributed by atoms with Crippen molar-refractivity contribution >= 4 is 5.82 Å². The quantitative estimate of drug-likeness (QED) is 0.904. The Labute approximate surface area is 132 Å². The van der Waals surface area contributed by atoms with Crippen LogP contribution in [-0.2, 0) is 32.1 Å². The Morgan fingerprint density at radius 2 is 2.09 bits per heavy atom. The summed E-state index contributed by atoms with van der Waals surface area (Å²) >= 11 is 0. The van der Waals surface area contributed by atoms with Crippen LogP contribution >= 0.6 is 0 Å². The van der Waals surface area contributed by atoms with Crippen molar-refractivity contribution < 1.29 is 13.2 Å². The van der Waals surface area contributed by atoms with E-state index in [1.54, 1.807) is 0 Å². The first-order valence-corrected chi connectivity index (χ1v) is 7.85. The summed E-state index contributed by atoms with van der Waals surface area (Å²) in [5.74, 6) is -0.0889. The monoisotopic (exact) mass is 327 g/mol. The minimum Gasteiger partial charge on any atom is -0.363 e. The molecule has 126 valence electrons. The van der Waals surface area contributed by atoms with E-state index in [1.165, 1.54) is 4.57 Å². The number of fused-ring (bicyclic) bond motifs is 1. The molecule has 23 heavy (non-hydrogen) atoms. The first-order valence-electron chi connectivity index (χ1n) is 7.85. The highest BCUT2D eigenvalue weighted by Gasteiger charge is 2.39. The molecule has 0 bridgehead atoms. The number of anilines is 1. The van der Waals surface area contributed by atoms with Crippen LogP contribution in [0.3, 0.4) is 0 Å². The summed E-state index contributed by atoms with van der Waals surface area (Å²) in [6.45, 7) is 4.59. The first kappa shape index (κ1) is 15.9. The van der Waals surface area contributed by atoms with Crippen molar-refractivity contribution in [2.45, 2.75) is 58.8 Å². The number of aryl methyl sites for hydroxylation is 1. The normalized spacial score (nSPS) is 14.8. The molecule has 0 aliphatic carbocycles. The molecule has 1 aliphatic rings. The molecule has 2 N–H and O–H groups in total. The van der Waals surface area contributed by atoms with Gasteiger partial charge in [-0.25, -0.2) is 4.98 Å². The zero-order valence-electron chi connectivity index (χ0n) is 13.2. The second-order valence-electron chi connectivity index (χ2n) is 5.82. The molecule has 5 nitrogen and oxygen atoms in total. The van der Waals surface area contributed by atoms with Crippen LogP contribution in [0.1, 0.15) is 48.2 Å². The van der Waals surface area contributed by atoms with Gasteiger partial charge in [0, 0.05) is 23.5 Å². The third-order valence-electron chi connectivity index (χ3n) is 4.31. The van der Waals surface area contributed by atoms with Gasteiger partial charge in [0.15, 0.2) is 5.82 Å². The van der Waals surface area contributed by atoms with Crippen LogP contribution in [-0.4, -0.2) is 19.7 Å². The molecule has 0 unspecified atom stereocenters. The molecule has 0 fully saturated rings. The van der Waals surface area contributed by atoms with Gasteiger partial charge in [-0.2, -0.15) is 18.3 Å². The fourth-order valence-corrected chi connectivity index (χ4v) is 3.18. The minimum atomic E-state index is -4.41. The summed E-state index contributed by atoms with van der Waals surface area (Å²) in [4.78, 5) is 3.88. The van der Waals surface area contributed by atoms with Crippen LogP contribution in [0.4, 0.5) is 19.0 Å². The van der Waals surface area contributed by atoms with Crippen LogP contribution in [0.5, 0.6) is 0 Å². The lowest BCUT2D eigenvalue weighted by molar-refractivity contribution is -0.147. The fraction of sp³-hybridized carbons (Fsp3) is 0.600. The van der Waals surface area contributed by atoms with Crippen molar-refractivity contribution in [3.63, 3.8) is 0 Å². The molecule has 1 aliphatic heterocycles. The number of imidazole rings is 1. The van der Waals surface area contributed by atoms with E-state index in [-0.39, 0.29) is 6.54 Å². The zero-order valence-corrected chi connectivity index (χ0v) is 13.2. The second-order valence-corrected chi connectivity index (χ2v) is 5.82. The third kappa shape index (κ3) is 2.94. The Balaban J connectivity index is 1.87. The lowest BCUT2D eigenvalue weighted by Gasteiger charge is -2.18. The zero-order chi connectivity index (χ0) is 16.6. The highest BCUT2D eigenvalue weighted by molar-refractivity contribution is 5.46. The molecule has 8 heteroatoms. The predicted molar refractivity (Wildman–Crippen MR) is 80.2 cm³/mol. The maximum atomic E-state index is 13.2. The molecular weight excluding hydrogens is 307 g/mol. The third-order valence-corrected chi connectivity index (χ3v) is 4.31. The largest absolute Gasteiger partial charge is 0.449 e. The van der Waals surface area contributed by atoms with Gasteiger partial charge in [-0.15, -0.1) is 0 Å². The molecule has 0 atom stereocenters. The number of nitrogens with one attached hydrogen (secondary N) is 2. The highest BCUT2D eigenvalue weighted by atomic mass is 19.4. The number of hydrogen-bond acceptors (Lipinski definition) is 3. The van der Waals surface area contributed by atoms with Gasteiger partial charge < -0.3 is 9.88 Å². The Kier molecular flexibility index (Phi) is 4.08. The molecule has 0 aromatic carbocycles. The van der Waals surface area contributed by atoms with Gasteiger partial charge in [0.25, 0.3) is 0 Å². The number of aromatic nitrogens is 4. The highest BCUT2D eigenvalue weighted by Crippen LogP contribution is 2.33. The summed E-state index contributed by atoms with van der Waals surface area (Å²) in [5.41, 5.74) is 3.19. The van der Waals surface area contributed by atoms with Crippen LogP contribution in [0, 0.1) is 6.92 Å². The number of nitrogens with zero attached hydrogens (tertiary/aromatic N) is 3. The lowest BCUT2D eigenvalue weighted by atomic mass is 10.1. The first-order chi connectivity index (χ1) is 10.9.